The fraction of sp³-hybridized carbons (Fsp3) is 0.333. The number of halogens is 2. The van der Waals surface area contributed by atoms with Gasteiger partial charge in [0, 0.05) is 30.5 Å². The molecular weight excluding hydrogens is 318 g/mol. The summed E-state index contributed by atoms with van der Waals surface area (Å²) >= 11 is 0. The SMILES string of the molecule is CCn1cc(CNC(=O)c2cnn3c(C(F)F)cc(C)nc23)cn1. The van der Waals surface area contributed by atoms with E-state index < -0.39 is 12.3 Å². The minimum Gasteiger partial charge on any atom is -0.348 e. The van der Waals surface area contributed by atoms with Gasteiger partial charge in [0.25, 0.3) is 12.3 Å². The van der Waals surface area contributed by atoms with Crippen LogP contribution in [0.3, 0.4) is 0 Å². The van der Waals surface area contributed by atoms with Gasteiger partial charge in [-0.05, 0) is 19.9 Å². The monoisotopic (exact) mass is 334 g/mol. The average molecular weight is 334 g/mol. The Kier molecular flexibility index (Phi) is 4.24. The van der Waals surface area contributed by atoms with Gasteiger partial charge < -0.3 is 5.32 Å². The van der Waals surface area contributed by atoms with Gasteiger partial charge in [-0.25, -0.2) is 18.3 Å². The van der Waals surface area contributed by atoms with E-state index in [-0.39, 0.29) is 23.4 Å². The molecule has 9 heteroatoms. The van der Waals surface area contributed by atoms with E-state index in [2.05, 4.69) is 20.5 Å². The maximum atomic E-state index is 13.1. The fourth-order valence-corrected chi connectivity index (χ4v) is 2.38. The summed E-state index contributed by atoms with van der Waals surface area (Å²) in [5, 5.41) is 10.7. The summed E-state index contributed by atoms with van der Waals surface area (Å²) in [7, 11) is 0. The number of aryl methyl sites for hydroxylation is 2. The minimum atomic E-state index is -2.70. The molecule has 0 aliphatic rings. The number of alkyl halides is 2. The second kappa shape index (κ2) is 6.34. The largest absolute Gasteiger partial charge is 0.348 e. The van der Waals surface area contributed by atoms with Crippen molar-refractivity contribution in [2.45, 2.75) is 33.4 Å². The van der Waals surface area contributed by atoms with Crippen LogP contribution in [0.4, 0.5) is 8.78 Å². The molecular formula is C15H16F2N6O. The zero-order valence-corrected chi connectivity index (χ0v) is 13.2. The lowest BCUT2D eigenvalue weighted by Gasteiger charge is -2.06. The summed E-state index contributed by atoms with van der Waals surface area (Å²) in [5.74, 6) is -0.424. The number of carbonyl (C=O) groups is 1. The number of carbonyl (C=O) groups excluding carboxylic acids is 1. The molecule has 1 N–H and O–H groups in total. The van der Waals surface area contributed by atoms with E-state index in [9.17, 15) is 13.6 Å². The molecule has 0 fully saturated rings. The van der Waals surface area contributed by atoms with Crippen molar-refractivity contribution in [2.24, 2.45) is 0 Å². The van der Waals surface area contributed by atoms with Crippen LogP contribution in [0.2, 0.25) is 0 Å². The van der Waals surface area contributed by atoms with Crippen LogP contribution in [0.25, 0.3) is 5.65 Å². The molecule has 0 saturated carbocycles. The van der Waals surface area contributed by atoms with Crippen LogP contribution >= 0.6 is 0 Å². The number of amides is 1. The van der Waals surface area contributed by atoms with Crippen molar-refractivity contribution in [1.82, 2.24) is 29.7 Å². The minimum absolute atomic E-state index is 0.118. The number of rotatable bonds is 5. The molecule has 24 heavy (non-hydrogen) atoms. The third-order valence-corrected chi connectivity index (χ3v) is 3.56. The van der Waals surface area contributed by atoms with E-state index in [0.29, 0.717) is 5.69 Å². The van der Waals surface area contributed by atoms with E-state index >= 15 is 0 Å². The van der Waals surface area contributed by atoms with Crippen LogP contribution in [-0.2, 0) is 13.1 Å². The van der Waals surface area contributed by atoms with Crippen LogP contribution in [0.5, 0.6) is 0 Å². The summed E-state index contributed by atoms with van der Waals surface area (Å²) in [6.07, 6.45) is 2.04. The summed E-state index contributed by atoms with van der Waals surface area (Å²) < 4.78 is 28.9. The van der Waals surface area contributed by atoms with Crippen molar-refractivity contribution in [3.05, 3.63) is 47.2 Å². The Morgan fingerprint density at radius 2 is 2.12 bits per heavy atom. The molecule has 0 saturated heterocycles. The maximum absolute atomic E-state index is 13.1. The van der Waals surface area contributed by atoms with Gasteiger partial charge in [-0.3, -0.25) is 9.48 Å². The second-order valence-electron chi connectivity index (χ2n) is 5.30. The Hall–Kier alpha value is -2.84. The lowest BCUT2D eigenvalue weighted by molar-refractivity contribution is 0.0952. The van der Waals surface area contributed by atoms with Crippen LogP contribution in [0.15, 0.2) is 24.7 Å². The summed E-state index contributed by atoms with van der Waals surface area (Å²) in [6, 6.07) is 1.26. The van der Waals surface area contributed by atoms with Crippen LogP contribution in [0, 0.1) is 6.92 Å². The molecule has 0 aromatic carbocycles. The fourth-order valence-electron chi connectivity index (χ4n) is 2.38. The van der Waals surface area contributed by atoms with E-state index in [1.807, 2.05) is 13.1 Å². The number of fused-ring (bicyclic) bond motifs is 1. The number of hydrogen-bond donors (Lipinski definition) is 1. The molecule has 126 valence electrons. The predicted molar refractivity (Wildman–Crippen MR) is 81.8 cm³/mol. The number of hydrogen-bond acceptors (Lipinski definition) is 4. The van der Waals surface area contributed by atoms with Gasteiger partial charge in [0.1, 0.15) is 11.3 Å². The zero-order valence-electron chi connectivity index (χ0n) is 13.2. The number of nitrogens with zero attached hydrogens (tertiary/aromatic N) is 5. The normalized spacial score (nSPS) is 11.4. The highest BCUT2D eigenvalue weighted by Gasteiger charge is 2.20. The van der Waals surface area contributed by atoms with Crippen molar-refractivity contribution in [2.75, 3.05) is 0 Å². The Morgan fingerprint density at radius 3 is 2.79 bits per heavy atom. The summed E-state index contributed by atoms with van der Waals surface area (Å²) in [6.45, 7) is 4.58. The molecule has 0 radical (unpaired) electrons. The highest BCUT2D eigenvalue weighted by Crippen LogP contribution is 2.21. The molecule has 0 spiro atoms. The molecule has 3 rings (SSSR count). The molecule has 1 amide bonds. The second-order valence-corrected chi connectivity index (χ2v) is 5.30. The molecule has 3 aromatic heterocycles. The van der Waals surface area contributed by atoms with E-state index in [4.69, 9.17) is 0 Å². The van der Waals surface area contributed by atoms with Crippen molar-refractivity contribution in [3.63, 3.8) is 0 Å². The van der Waals surface area contributed by atoms with Gasteiger partial charge >= 0.3 is 0 Å². The zero-order chi connectivity index (χ0) is 17.3. The van der Waals surface area contributed by atoms with Gasteiger partial charge in [-0.15, -0.1) is 0 Å². The molecule has 0 atom stereocenters. The van der Waals surface area contributed by atoms with Gasteiger partial charge in [0.05, 0.1) is 12.4 Å². The number of nitrogens with one attached hydrogen (secondary N) is 1. The highest BCUT2D eigenvalue weighted by molar-refractivity contribution is 5.99. The lowest BCUT2D eigenvalue weighted by Crippen LogP contribution is -2.22. The standard InChI is InChI=1S/C15H16F2N6O/c1-3-22-8-10(6-19-22)5-18-15(24)11-7-20-23-12(13(16)17)4-9(2)21-14(11)23/h4,6-8,13H,3,5H2,1-2H3,(H,18,24). The molecule has 7 nitrogen and oxygen atoms in total. The van der Waals surface area contributed by atoms with E-state index in [1.54, 1.807) is 17.8 Å². The maximum Gasteiger partial charge on any atom is 0.280 e. The first-order valence-electron chi connectivity index (χ1n) is 7.42. The Morgan fingerprint density at radius 1 is 1.33 bits per heavy atom. The quantitative estimate of drug-likeness (QED) is 0.775. The van der Waals surface area contributed by atoms with Gasteiger partial charge in [0.2, 0.25) is 0 Å². The van der Waals surface area contributed by atoms with Gasteiger partial charge in [-0.1, -0.05) is 0 Å². The van der Waals surface area contributed by atoms with Gasteiger partial charge in [0.15, 0.2) is 5.65 Å². The first kappa shape index (κ1) is 16.0. The molecule has 3 heterocycles. The van der Waals surface area contributed by atoms with E-state index in [0.717, 1.165) is 16.6 Å². The third-order valence-electron chi connectivity index (χ3n) is 3.56. The average Bonchev–Trinajstić information content (AvgIpc) is 3.18. The van der Waals surface area contributed by atoms with E-state index in [1.165, 1.54) is 12.3 Å². The van der Waals surface area contributed by atoms with Crippen LogP contribution < -0.4 is 5.32 Å². The summed E-state index contributed by atoms with van der Waals surface area (Å²) in [4.78, 5) is 16.5. The van der Waals surface area contributed by atoms with Crippen LogP contribution in [-0.4, -0.2) is 30.3 Å². The molecule has 0 bridgehead atoms. The Balaban J connectivity index is 1.84. The Bertz CT molecular complexity index is 885. The predicted octanol–water partition coefficient (Wildman–Crippen LogP) is 2.12. The molecule has 0 aliphatic heterocycles. The highest BCUT2D eigenvalue weighted by atomic mass is 19.3. The first-order chi connectivity index (χ1) is 11.5. The van der Waals surface area contributed by atoms with Crippen molar-refractivity contribution in [3.8, 4) is 0 Å². The van der Waals surface area contributed by atoms with Gasteiger partial charge in [-0.2, -0.15) is 10.2 Å². The molecule has 0 aliphatic carbocycles. The number of aromatic nitrogens is 5. The smallest absolute Gasteiger partial charge is 0.280 e. The van der Waals surface area contributed by atoms with Crippen molar-refractivity contribution >= 4 is 11.6 Å². The molecule has 0 unspecified atom stereocenters. The molecule has 3 aromatic rings. The topological polar surface area (TPSA) is 77.1 Å². The Labute approximate surface area is 136 Å². The van der Waals surface area contributed by atoms with Crippen LogP contribution in [0.1, 0.15) is 40.7 Å². The third kappa shape index (κ3) is 2.97. The van der Waals surface area contributed by atoms with Crippen molar-refractivity contribution < 1.29 is 13.6 Å². The first-order valence-corrected chi connectivity index (χ1v) is 7.42. The summed E-state index contributed by atoms with van der Waals surface area (Å²) in [5.41, 5.74) is 1.23. The lowest BCUT2D eigenvalue weighted by atomic mass is 10.2. The van der Waals surface area contributed by atoms with Crippen molar-refractivity contribution in [1.29, 1.82) is 0 Å².